The monoisotopic (exact) mass is 542 g/mol. The molecule has 1 aromatic carbocycles. The Labute approximate surface area is 226 Å². The van der Waals surface area contributed by atoms with E-state index < -0.39 is 29.9 Å². The first-order valence-corrected chi connectivity index (χ1v) is 12.9. The summed E-state index contributed by atoms with van der Waals surface area (Å²) in [6, 6.07) is 7.68. The van der Waals surface area contributed by atoms with Crippen molar-refractivity contribution in [2.75, 3.05) is 31.0 Å². The van der Waals surface area contributed by atoms with Gasteiger partial charge >= 0.3 is 0 Å². The minimum atomic E-state index is -0.979. The molecule has 3 atom stereocenters. The number of halogens is 1. The summed E-state index contributed by atoms with van der Waals surface area (Å²) in [6.45, 7) is 6.80. The lowest BCUT2D eigenvalue weighted by molar-refractivity contribution is 0.0651. The van der Waals surface area contributed by atoms with Crippen LogP contribution in [0.4, 0.5) is 21.8 Å². The van der Waals surface area contributed by atoms with Crippen LogP contribution in [0.1, 0.15) is 56.3 Å². The predicted molar refractivity (Wildman–Crippen MR) is 143 cm³/mol. The van der Waals surface area contributed by atoms with Crippen molar-refractivity contribution in [1.82, 2.24) is 20.4 Å². The number of hydrogen-bond acceptors (Lipinski definition) is 10. The third-order valence-electron chi connectivity index (χ3n) is 6.39. The van der Waals surface area contributed by atoms with Crippen molar-refractivity contribution in [3.63, 3.8) is 0 Å². The molecule has 3 unspecified atom stereocenters. The number of ether oxygens (including phenoxy) is 2. The minimum absolute atomic E-state index is 0.0469. The topological polar surface area (TPSA) is 144 Å². The number of benzene rings is 1. The number of aliphatic hydroxyl groups is 1. The first kappa shape index (κ1) is 28.2. The summed E-state index contributed by atoms with van der Waals surface area (Å²) in [5.41, 5.74) is 0.547. The van der Waals surface area contributed by atoms with Gasteiger partial charge in [0.15, 0.2) is 17.3 Å². The maximum absolute atomic E-state index is 14.6. The van der Waals surface area contributed by atoms with Crippen LogP contribution in [0.25, 0.3) is 0 Å². The number of methoxy groups -OCH3 is 1. The van der Waals surface area contributed by atoms with Gasteiger partial charge in [0, 0.05) is 24.3 Å². The molecule has 0 saturated heterocycles. The van der Waals surface area contributed by atoms with E-state index >= 15 is 0 Å². The van der Waals surface area contributed by atoms with Gasteiger partial charge in [-0.05, 0) is 43.5 Å². The molecule has 1 fully saturated rings. The lowest BCUT2D eigenvalue weighted by Gasteiger charge is -2.35. The number of amides is 1. The van der Waals surface area contributed by atoms with Gasteiger partial charge in [-0.2, -0.15) is 4.98 Å². The largest absolute Gasteiger partial charge is 0.491 e. The fourth-order valence-corrected chi connectivity index (χ4v) is 4.18. The highest BCUT2D eigenvalue weighted by molar-refractivity contribution is 5.92. The van der Waals surface area contributed by atoms with Crippen LogP contribution >= 0.6 is 0 Å². The molecule has 4 rings (SSSR count). The molecule has 12 heteroatoms. The number of rotatable bonds is 10. The average Bonchev–Trinajstić information content (AvgIpc) is 3.41. The molecule has 210 valence electrons. The van der Waals surface area contributed by atoms with Gasteiger partial charge in [0.05, 0.1) is 31.0 Å². The van der Waals surface area contributed by atoms with Crippen LogP contribution in [0.5, 0.6) is 5.75 Å². The van der Waals surface area contributed by atoms with Crippen molar-refractivity contribution in [3.8, 4) is 5.75 Å². The Hall–Kier alpha value is -3.77. The summed E-state index contributed by atoms with van der Waals surface area (Å²) in [4.78, 5) is 21.0. The second-order valence-corrected chi connectivity index (χ2v) is 10.5. The lowest BCUT2D eigenvalue weighted by Crippen LogP contribution is -2.53. The molecule has 39 heavy (non-hydrogen) atoms. The van der Waals surface area contributed by atoms with Crippen molar-refractivity contribution >= 4 is 23.4 Å². The summed E-state index contributed by atoms with van der Waals surface area (Å²) in [6.07, 6.45) is 1.93. The van der Waals surface area contributed by atoms with Crippen molar-refractivity contribution < 1.29 is 28.3 Å². The molecular weight excluding hydrogens is 507 g/mol. The fourth-order valence-electron chi connectivity index (χ4n) is 4.18. The zero-order chi connectivity index (χ0) is 28.0. The Bertz CT molecular complexity index is 1250. The van der Waals surface area contributed by atoms with Crippen LogP contribution in [0.3, 0.4) is 0 Å². The normalized spacial score (nSPS) is 19.4. The third-order valence-corrected chi connectivity index (χ3v) is 6.39. The molecule has 0 aliphatic heterocycles. The molecule has 0 radical (unpaired) electrons. The second-order valence-electron chi connectivity index (χ2n) is 10.5. The molecular formula is C27H35FN6O5. The SMILES string of the molecule is COCCOc1ccc(Nc2ncc(F)c(NC3CCCC(NC(=O)c4cc(C(C)(C)C)on4)C3O)n2)cc1. The summed E-state index contributed by atoms with van der Waals surface area (Å²) in [5, 5.41) is 23.7. The van der Waals surface area contributed by atoms with Crippen LogP contribution in [-0.4, -0.2) is 64.6 Å². The quantitative estimate of drug-likeness (QED) is 0.279. The number of nitrogens with zero attached hydrogens (tertiary/aromatic N) is 3. The molecule has 1 aliphatic rings. The van der Waals surface area contributed by atoms with Gasteiger partial charge in [0.2, 0.25) is 5.95 Å². The number of nitrogens with one attached hydrogen (secondary N) is 3. The first-order valence-electron chi connectivity index (χ1n) is 12.9. The van der Waals surface area contributed by atoms with E-state index in [1.807, 2.05) is 20.8 Å². The molecule has 4 N–H and O–H groups in total. The zero-order valence-corrected chi connectivity index (χ0v) is 22.5. The van der Waals surface area contributed by atoms with Gasteiger partial charge in [-0.3, -0.25) is 4.79 Å². The van der Waals surface area contributed by atoms with E-state index in [4.69, 9.17) is 14.0 Å². The number of anilines is 3. The molecule has 0 bridgehead atoms. The Kier molecular flexibility index (Phi) is 8.97. The Morgan fingerprint density at radius 1 is 1.18 bits per heavy atom. The summed E-state index contributed by atoms with van der Waals surface area (Å²) in [5.74, 6) is 0.321. The smallest absolute Gasteiger partial charge is 0.273 e. The van der Waals surface area contributed by atoms with Crippen LogP contribution in [-0.2, 0) is 10.2 Å². The van der Waals surface area contributed by atoms with E-state index in [1.54, 1.807) is 37.4 Å². The average molecular weight is 543 g/mol. The number of aromatic nitrogens is 3. The van der Waals surface area contributed by atoms with Gasteiger partial charge in [-0.1, -0.05) is 25.9 Å². The maximum atomic E-state index is 14.6. The van der Waals surface area contributed by atoms with Gasteiger partial charge in [0.1, 0.15) is 18.1 Å². The number of carbonyl (C=O) groups excluding carboxylic acids is 1. The van der Waals surface area contributed by atoms with Gasteiger partial charge in [-0.25, -0.2) is 9.37 Å². The van der Waals surface area contributed by atoms with Crippen LogP contribution < -0.4 is 20.7 Å². The predicted octanol–water partition coefficient (Wildman–Crippen LogP) is 3.79. The molecule has 2 heterocycles. The highest BCUT2D eigenvalue weighted by Gasteiger charge is 2.34. The number of carbonyl (C=O) groups is 1. The van der Waals surface area contributed by atoms with E-state index in [0.717, 1.165) is 6.20 Å². The maximum Gasteiger partial charge on any atom is 0.273 e. The van der Waals surface area contributed by atoms with Crippen molar-refractivity contribution in [2.45, 2.75) is 63.6 Å². The van der Waals surface area contributed by atoms with Crippen molar-refractivity contribution in [1.29, 1.82) is 0 Å². The summed E-state index contributed by atoms with van der Waals surface area (Å²) < 4.78 is 30.4. The summed E-state index contributed by atoms with van der Waals surface area (Å²) >= 11 is 0. The van der Waals surface area contributed by atoms with Crippen LogP contribution in [0, 0.1) is 5.82 Å². The van der Waals surface area contributed by atoms with Crippen molar-refractivity contribution in [3.05, 3.63) is 53.8 Å². The van der Waals surface area contributed by atoms with Gasteiger partial charge < -0.3 is 35.1 Å². The summed E-state index contributed by atoms with van der Waals surface area (Å²) in [7, 11) is 1.61. The third kappa shape index (κ3) is 7.42. The van der Waals surface area contributed by atoms with Gasteiger partial charge in [-0.15, -0.1) is 0 Å². The van der Waals surface area contributed by atoms with E-state index in [1.165, 1.54) is 0 Å². The highest BCUT2D eigenvalue weighted by Crippen LogP contribution is 2.26. The van der Waals surface area contributed by atoms with Crippen molar-refractivity contribution in [2.24, 2.45) is 0 Å². The molecule has 0 spiro atoms. The molecule has 1 amide bonds. The number of hydrogen-bond donors (Lipinski definition) is 4. The molecule has 1 aliphatic carbocycles. The fraction of sp³-hybridized carbons (Fsp3) is 0.481. The highest BCUT2D eigenvalue weighted by atomic mass is 19.1. The zero-order valence-electron chi connectivity index (χ0n) is 22.5. The molecule has 11 nitrogen and oxygen atoms in total. The standard InChI is InChI=1S/C27H35FN6O5/c1-27(2,3)22-14-21(34-39-22)25(36)32-20-7-5-6-19(23(20)35)31-24-18(28)15-29-26(33-24)30-16-8-10-17(11-9-16)38-13-12-37-4/h8-11,14-15,19-20,23,35H,5-7,12-13H2,1-4H3,(H,32,36)(H2,29,30,31,33). The van der Waals surface area contributed by atoms with E-state index in [0.29, 0.717) is 49.7 Å². The molecule has 1 saturated carbocycles. The van der Waals surface area contributed by atoms with Crippen LogP contribution in [0.15, 0.2) is 41.1 Å². The minimum Gasteiger partial charge on any atom is -0.491 e. The van der Waals surface area contributed by atoms with E-state index in [9.17, 15) is 14.3 Å². The molecule has 2 aromatic heterocycles. The van der Waals surface area contributed by atoms with E-state index in [2.05, 4.69) is 31.1 Å². The lowest BCUT2D eigenvalue weighted by atomic mass is 9.88. The first-order chi connectivity index (χ1) is 18.6. The van der Waals surface area contributed by atoms with Gasteiger partial charge in [0.25, 0.3) is 5.91 Å². The Balaban J connectivity index is 1.37. The Morgan fingerprint density at radius 3 is 2.62 bits per heavy atom. The van der Waals surface area contributed by atoms with E-state index in [-0.39, 0.29) is 22.9 Å². The number of aliphatic hydroxyl groups excluding tert-OH is 1. The second kappa shape index (κ2) is 12.4. The van der Waals surface area contributed by atoms with Crippen LogP contribution in [0.2, 0.25) is 0 Å². The Morgan fingerprint density at radius 2 is 1.92 bits per heavy atom. The molecule has 3 aromatic rings.